The van der Waals surface area contributed by atoms with Crippen molar-refractivity contribution in [3.05, 3.63) is 22.1 Å². The Hall–Kier alpha value is -1.36. The maximum atomic E-state index is 11.5. The fourth-order valence-corrected chi connectivity index (χ4v) is 2.15. The molecule has 1 aliphatic heterocycles. The van der Waals surface area contributed by atoms with Crippen LogP contribution in [0.15, 0.2) is 10.9 Å². The van der Waals surface area contributed by atoms with Crippen molar-refractivity contribution in [2.75, 3.05) is 25.1 Å². The minimum absolute atomic E-state index is 0.105. The SMILES string of the molecule is COCc1cc(=O)[nH]c(N2CCCCCC2)n1. The second-order valence-corrected chi connectivity index (χ2v) is 4.39. The first kappa shape index (κ1) is 12.1. The lowest BCUT2D eigenvalue weighted by molar-refractivity contribution is 0.181. The molecular formula is C12H19N3O2. The van der Waals surface area contributed by atoms with Crippen LogP contribution < -0.4 is 10.5 Å². The molecule has 0 saturated carbocycles. The van der Waals surface area contributed by atoms with Crippen LogP contribution in [0.2, 0.25) is 0 Å². The fourth-order valence-electron chi connectivity index (χ4n) is 2.15. The van der Waals surface area contributed by atoms with Gasteiger partial charge in [0.2, 0.25) is 5.95 Å². The van der Waals surface area contributed by atoms with Crippen molar-refractivity contribution in [2.24, 2.45) is 0 Å². The summed E-state index contributed by atoms with van der Waals surface area (Å²) in [6.45, 7) is 2.32. The van der Waals surface area contributed by atoms with Gasteiger partial charge in [-0.2, -0.15) is 0 Å². The van der Waals surface area contributed by atoms with Gasteiger partial charge in [-0.1, -0.05) is 12.8 Å². The molecule has 5 nitrogen and oxygen atoms in total. The van der Waals surface area contributed by atoms with Crippen molar-refractivity contribution < 1.29 is 4.74 Å². The van der Waals surface area contributed by atoms with Crippen LogP contribution in [0.25, 0.3) is 0 Å². The van der Waals surface area contributed by atoms with Gasteiger partial charge in [0.15, 0.2) is 0 Å². The third kappa shape index (κ3) is 3.30. The molecule has 0 aromatic carbocycles. The standard InChI is InChI=1S/C12H19N3O2/c1-17-9-10-8-11(16)14-12(13-10)15-6-4-2-3-5-7-15/h8H,2-7,9H2,1H3,(H,13,14,16). The number of hydrogen-bond donors (Lipinski definition) is 1. The number of methoxy groups -OCH3 is 1. The van der Waals surface area contributed by atoms with Gasteiger partial charge in [-0.15, -0.1) is 0 Å². The summed E-state index contributed by atoms with van der Waals surface area (Å²) in [5.74, 6) is 0.687. The average Bonchev–Trinajstić information content (AvgIpc) is 2.57. The number of hydrogen-bond acceptors (Lipinski definition) is 4. The molecule has 0 atom stereocenters. The predicted molar refractivity (Wildman–Crippen MR) is 66.3 cm³/mol. The molecule has 1 aromatic rings. The molecule has 2 rings (SSSR count). The summed E-state index contributed by atoms with van der Waals surface area (Å²) < 4.78 is 5.02. The second-order valence-electron chi connectivity index (χ2n) is 4.39. The molecule has 5 heteroatoms. The van der Waals surface area contributed by atoms with Crippen molar-refractivity contribution in [3.8, 4) is 0 Å². The van der Waals surface area contributed by atoms with E-state index in [1.54, 1.807) is 7.11 Å². The summed E-state index contributed by atoms with van der Waals surface area (Å²) in [5, 5.41) is 0. The molecular weight excluding hydrogens is 218 g/mol. The van der Waals surface area contributed by atoms with E-state index in [1.165, 1.54) is 18.9 Å². The van der Waals surface area contributed by atoms with Crippen LogP contribution in [0.1, 0.15) is 31.4 Å². The van der Waals surface area contributed by atoms with Crippen LogP contribution >= 0.6 is 0 Å². The van der Waals surface area contributed by atoms with E-state index >= 15 is 0 Å². The van der Waals surface area contributed by atoms with E-state index in [-0.39, 0.29) is 5.56 Å². The lowest BCUT2D eigenvalue weighted by Crippen LogP contribution is -2.28. The average molecular weight is 237 g/mol. The first-order valence-electron chi connectivity index (χ1n) is 6.14. The zero-order valence-corrected chi connectivity index (χ0v) is 10.2. The molecule has 0 spiro atoms. The maximum Gasteiger partial charge on any atom is 0.252 e. The molecule has 94 valence electrons. The highest BCUT2D eigenvalue weighted by atomic mass is 16.5. The number of nitrogens with zero attached hydrogens (tertiary/aromatic N) is 2. The first-order chi connectivity index (χ1) is 8.29. The van der Waals surface area contributed by atoms with Crippen LogP contribution in [0, 0.1) is 0 Å². The molecule has 1 saturated heterocycles. The van der Waals surface area contributed by atoms with Gasteiger partial charge in [-0.3, -0.25) is 9.78 Å². The summed E-state index contributed by atoms with van der Waals surface area (Å²) in [5.41, 5.74) is 0.585. The van der Waals surface area contributed by atoms with E-state index in [9.17, 15) is 4.79 Å². The van der Waals surface area contributed by atoms with Gasteiger partial charge in [-0.05, 0) is 12.8 Å². The van der Waals surface area contributed by atoms with Gasteiger partial charge in [0.25, 0.3) is 5.56 Å². The van der Waals surface area contributed by atoms with Crippen LogP contribution in [0.4, 0.5) is 5.95 Å². The number of anilines is 1. The number of aromatic amines is 1. The third-order valence-corrected chi connectivity index (χ3v) is 2.98. The van der Waals surface area contributed by atoms with Gasteiger partial charge < -0.3 is 9.64 Å². The summed E-state index contributed by atoms with van der Waals surface area (Å²) in [6.07, 6.45) is 4.85. The van der Waals surface area contributed by atoms with Gasteiger partial charge in [-0.25, -0.2) is 4.98 Å². The number of rotatable bonds is 3. The van der Waals surface area contributed by atoms with E-state index in [0.29, 0.717) is 18.2 Å². The molecule has 0 amide bonds. The molecule has 0 bridgehead atoms. The Morgan fingerprint density at radius 3 is 2.71 bits per heavy atom. The van der Waals surface area contributed by atoms with E-state index in [2.05, 4.69) is 14.9 Å². The van der Waals surface area contributed by atoms with Crippen molar-refractivity contribution >= 4 is 5.95 Å². The lowest BCUT2D eigenvalue weighted by Gasteiger charge is -2.20. The minimum Gasteiger partial charge on any atom is -0.378 e. The van der Waals surface area contributed by atoms with Crippen LogP contribution in [0.5, 0.6) is 0 Å². The maximum absolute atomic E-state index is 11.5. The highest BCUT2D eigenvalue weighted by molar-refractivity contribution is 5.30. The van der Waals surface area contributed by atoms with Crippen molar-refractivity contribution in [2.45, 2.75) is 32.3 Å². The molecule has 17 heavy (non-hydrogen) atoms. The Morgan fingerprint density at radius 2 is 2.06 bits per heavy atom. The summed E-state index contributed by atoms with van der Waals surface area (Å²) in [6, 6.07) is 1.49. The van der Waals surface area contributed by atoms with Crippen molar-refractivity contribution in [1.82, 2.24) is 9.97 Å². The second kappa shape index (κ2) is 5.82. The smallest absolute Gasteiger partial charge is 0.252 e. The molecule has 1 aromatic heterocycles. The highest BCUT2D eigenvalue weighted by Gasteiger charge is 2.12. The molecule has 1 N–H and O–H groups in total. The van der Waals surface area contributed by atoms with E-state index < -0.39 is 0 Å². The third-order valence-electron chi connectivity index (χ3n) is 2.98. The Balaban J connectivity index is 2.20. The zero-order chi connectivity index (χ0) is 12.1. The van der Waals surface area contributed by atoms with E-state index in [4.69, 9.17) is 4.74 Å². The largest absolute Gasteiger partial charge is 0.378 e. The van der Waals surface area contributed by atoms with E-state index in [1.807, 2.05) is 0 Å². The Labute approximate surface area is 101 Å². The Kier molecular flexibility index (Phi) is 4.14. The quantitative estimate of drug-likeness (QED) is 0.860. The van der Waals surface area contributed by atoms with E-state index in [0.717, 1.165) is 25.9 Å². The first-order valence-corrected chi connectivity index (χ1v) is 6.14. The molecule has 0 radical (unpaired) electrons. The van der Waals surface area contributed by atoms with Gasteiger partial charge in [0, 0.05) is 26.3 Å². The topological polar surface area (TPSA) is 58.2 Å². The Morgan fingerprint density at radius 1 is 1.35 bits per heavy atom. The summed E-state index contributed by atoms with van der Waals surface area (Å²) >= 11 is 0. The highest BCUT2D eigenvalue weighted by Crippen LogP contribution is 2.14. The van der Waals surface area contributed by atoms with Crippen molar-refractivity contribution in [1.29, 1.82) is 0 Å². The molecule has 1 fully saturated rings. The normalized spacial score (nSPS) is 16.9. The molecule has 1 aliphatic rings. The minimum atomic E-state index is -0.105. The van der Waals surface area contributed by atoms with Crippen LogP contribution in [-0.4, -0.2) is 30.2 Å². The molecule has 0 unspecified atom stereocenters. The Bertz CT molecular complexity index is 408. The molecule has 0 aliphatic carbocycles. The van der Waals surface area contributed by atoms with Crippen LogP contribution in [0.3, 0.4) is 0 Å². The predicted octanol–water partition coefficient (Wildman–Crippen LogP) is 1.30. The number of H-pyrrole nitrogens is 1. The monoisotopic (exact) mass is 237 g/mol. The number of aromatic nitrogens is 2. The number of nitrogens with one attached hydrogen (secondary N) is 1. The molecule has 2 heterocycles. The van der Waals surface area contributed by atoms with Gasteiger partial charge >= 0.3 is 0 Å². The van der Waals surface area contributed by atoms with Gasteiger partial charge in [0.05, 0.1) is 12.3 Å². The lowest BCUT2D eigenvalue weighted by atomic mass is 10.2. The number of ether oxygens (including phenoxy) is 1. The summed E-state index contributed by atoms with van der Waals surface area (Å²) in [7, 11) is 1.61. The summed E-state index contributed by atoms with van der Waals surface area (Å²) in [4.78, 5) is 20.9. The van der Waals surface area contributed by atoms with Crippen molar-refractivity contribution in [3.63, 3.8) is 0 Å². The zero-order valence-electron chi connectivity index (χ0n) is 10.2. The fraction of sp³-hybridized carbons (Fsp3) is 0.667. The van der Waals surface area contributed by atoms with Gasteiger partial charge in [0.1, 0.15) is 0 Å². The van der Waals surface area contributed by atoms with Crippen LogP contribution in [-0.2, 0) is 11.3 Å².